The largest absolute Gasteiger partial charge is 0.507 e. The van der Waals surface area contributed by atoms with Crippen LogP contribution < -0.4 is 0 Å². The number of benzene rings is 1. The highest BCUT2D eigenvalue weighted by Crippen LogP contribution is 2.36. The molecule has 0 atom stereocenters. The molecular formula is C20H32O2. The van der Waals surface area contributed by atoms with Gasteiger partial charge in [-0.05, 0) is 44.7 Å². The molecule has 0 unspecified atom stereocenters. The number of aromatic hydroxyl groups is 2. The number of hydrogen-bond acceptors (Lipinski definition) is 2. The fourth-order valence-electron chi connectivity index (χ4n) is 2.77. The van der Waals surface area contributed by atoms with E-state index in [-0.39, 0.29) is 0 Å². The zero-order valence-electron chi connectivity index (χ0n) is 14.7. The molecule has 0 radical (unpaired) electrons. The predicted octanol–water partition coefficient (Wildman–Crippen LogP) is 6.18. The van der Waals surface area contributed by atoms with Gasteiger partial charge < -0.3 is 10.2 Å². The first kappa shape index (κ1) is 18.6. The van der Waals surface area contributed by atoms with Crippen LogP contribution in [0.3, 0.4) is 0 Å². The van der Waals surface area contributed by atoms with E-state index in [0.717, 1.165) is 28.7 Å². The van der Waals surface area contributed by atoms with E-state index >= 15 is 0 Å². The first-order valence-electron chi connectivity index (χ1n) is 8.68. The summed E-state index contributed by atoms with van der Waals surface area (Å²) in [6.07, 6.45) is 14.3. The van der Waals surface area contributed by atoms with Gasteiger partial charge in [-0.25, -0.2) is 0 Å². The fraction of sp³-hybridized carbons (Fsp3) is 0.600. The Morgan fingerprint density at radius 2 is 1.27 bits per heavy atom. The molecule has 2 heteroatoms. The number of rotatable bonds is 9. The lowest BCUT2D eigenvalue weighted by Crippen LogP contribution is -1.92. The zero-order valence-corrected chi connectivity index (χ0v) is 14.7. The molecule has 1 rings (SSSR count). The van der Waals surface area contributed by atoms with Crippen LogP contribution in [-0.2, 0) is 0 Å². The van der Waals surface area contributed by atoms with Crippen molar-refractivity contribution in [2.45, 2.75) is 79.1 Å². The molecule has 0 aliphatic carbocycles. The van der Waals surface area contributed by atoms with E-state index in [4.69, 9.17) is 0 Å². The summed E-state index contributed by atoms with van der Waals surface area (Å²) in [6, 6.07) is 0. The third-order valence-corrected chi connectivity index (χ3v) is 4.55. The number of phenolic OH excluding ortho intramolecular Hbond substituents is 2. The monoisotopic (exact) mass is 304 g/mol. The first-order chi connectivity index (χ1) is 10.5. The van der Waals surface area contributed by atoms with Crippen molar-refractivity contribution in [3.8, 4) is 11.5 Å². The summed E-state index contributed by atoms with van der Waals surface area (Å²) in [7, 11) is 0. The van der Waals surface area contributed by atoms with E-state index in [0.29, 0.717) is 11.5 Å². The van der Waals surface area contributed by atoms with Gasteiger partial charge in [0.15, 0.2) is 0 Å². The van der Waals surface area contributed by atoms with Crippen LogP contribution in [-0.4, -0.2) is 10.2 Å². The summed E-state index contributed by atoms with van der Waals surface area (Å²) in [5.41, 5.74) is 3.04. The van der Waals surface area contributed by atoms with Gasteiger partial charge >= 0.3 is 0 Å². The van der Waals surface area contributed by atoms with Crippen LogP contribution in [0.5, 0.6) is 11.5 Å². The summed E-state index contributed by atoms with van der Waals surface area (Å²) < 4.78 is 0. The van der Waals surface area contributed by atoms with Gasteiger partial charge in [0.25, 0.3) is 0 Å². The highest BCUT2D eigenvalue weighted by atomic mass is 16.3. The molecule has 0 amide bonds. The Hall–Kier alpha value is -1.44. The lowest BCUT2D eigenvalue weighted by molar-refractivity contribution is 0.448. The average molecular weight is 304 g/mol. The number of hydrogen-bond donors (Lipinski definition) is 2. The van der Waals surface area contributed by atoms with Crippen molar-refractivity contribution >= 4 is 6.08 Å². The SMILES string of the molecule is CCCCCCCCC/C=C\c1c(C)c(O)c(C)c(C)c1O. The molecule has 1 aromatic carbocycles. The first-order valence-corrected chi connectivity index (χ1v) is 8.68. The van der Waals surface area contributed by atoms with Crippen molar-refractivity contribution in [3.63, 3.8) is 0 Å². The third-order valence-electron chi connectivity index (χ3n) is 4.55. The Bertz CT molecular complexity index is 472. The van der Waals surface area contributed by atoms with E-state index in [1.807, 2.05) is 26.8 Å². The molecule has 0 aliphatic rings. The van der Waals surface area contributed by atoms with Gasteiger partial charge in [-0.3, -0.25) is 0 Å². The normalized spacial score (nSPS) is 11.5. The highest BCUT2D eigenvalue weighted by molar-refractivity contribution is 5.68. The van der Waals surface area contributed by atoms with Crippen LogP contribution in [0.4, 0.5) is 0 Å². The van der Waals surface area contributed by atoms with Gasteiger partial charge in [0, 0.05) is 11.1 Å². The molecule has 0 aromatic heterocycles. The molecule has 124 valence electrons. The van der Waals surface area contributed by atoms with Crippen molar-refractivity contribution in [1.29, 1.82) is 0 Å². The van der Waals surface area contributed by atoms with Crippen LogP contribution in [0.1, 0.15) is 80.5 Å². The Morgan fingerprint density at radius 1 is 0.727 bits per heavy atom. The average Bonchev–Trinajstić information content (AvgIpc) is 2.52. The molecule has 0 fully saturated rings. The maximum atomic E-state index is 10.2. The molecule has 0 aliphatic heterocycles. The lowest BCUT2D eigenvalue weighted by atomic mass is 9.97. The van der Waals surface area contributed by atoms with Crippen LogP contribution in [0.25, 0.3) is 6.08 Å². The van der Waals surface area contributed by atoms with Gasteiger partial charge in [0.05, 0.1) is 0 Å². The van der Waals surface area contributed by atoms with E-state index < -0.39 is 0 Å². The van der Waals surface area contributed by atoms with Crippen molar-refractivity contribution in [1.82, 2.24) is 0 Å². The van der Waals surface area contributed by atoms with Crippen LogP contribution in [0, 0.1) is 20.8 Å². The second kappa shape index (κ2) is 9.55. The molecule has 2 N–H and O–H groups in total. The van der Waals surface area contributed by atoms with E-state index in [9.17, 15) is 10.2 Å². The second-order valence-corrected chi connectivity index (χ2v) is 6.30. The van der Waals surface area contributed by atoms with Crippen molar-refractivity contribution in [2.24, 2.45) is 0 Å². The topological polar surface area (TPSA) is 40.5 Å². The second-order valence-electron chi connectivity index (χ2n) is 6.30. The standard InChI is InChI=1S/C20H32O2/c1-5-6-7-8-9-10-11-12-13-14-18-17(4)19(21)15(2)16(3)20(18)22/h13-14,21-22H,5-12H2,1-4H3/b14-13-. The van der Waals surface area contributed by atoms with Crippen molar-refractivity contribution in [3.05, 3.63) is 28.3 Å². The van der Waals surface area contributed by atoms with Crippen LogP contribution in [0.2, 0.25) is 0 Å². The predicted molar refractivity (Wildman–Crippen MR) is 95.6 cm³/mol. The van der Waals surface area contributed by atoms with E-state index in [2.05, 4.69) is 13.0 Å². The molecular weight excluding hydrogens is 272 g/mol. The zero-order chi connectivity index (χ0) is 16.5. The maximum absolute atomic E-state index is 10.2. The minimum absolute atomic E-state index is 0.295. The molecule has 0 heterocycles. The van der Waals surface area contributed by atoms with Gasteiger partial charge in [-0.1, -0.05) is 57.6 Å². The van der Waals surface area contributed by atoms with Gasteiger partial charge in [0.2, 0.25) is 0 Å². The fourth-order valence-corrected chi connectivity index (χ4v) is 2.77. The maximum Gasteiger partial charge on any atom is 0.126 e. The molecule has 0 spiro atoms. The summed E-state index contributed by atoms with van der Waals surface area (Å²) in [4.78, 5) is 0. The number of unbranched alkanes of at least 4 members (excludes halogenated alkanes) is 7. The van der Waals surface area contributed by atoms with E-state index in [1.54, 1.807) is 0 Å². The van der Waals surface area contributed by atoms with E-state index in [1.165, 1.54) is 44.9 Å². The molecule has 22 heavy (non-hydrogen) atoms. The van der Waals surface area contributed by atoms with Gasteiger partial charge in [-0.15, -0.1) is 0 Å². The Balaban J connectivity index is 2.47. The summed E-state index contributed by atoms with van der Waals surface area (Å²) in [5, 5.41) is 20.3. The summed E-state index contributed by atoms with van der Waals surface area (Å²) in [6.45, 7) is 7.78. The van der Waals surface area contributed by atoms with Gasteiger partial charge in [-0.2, -0.15) is 0 Å². The molecule has 0 bridgehead atoms. The minimum atomic E-state index is 0.295. The van der Waals surface area contributed by atoms with Crippen molar-refractivity contribution < 1.29 is 10.2 Å². The quantitative estimate of drug-likeness (QED) is 0.422. The van der Waals surface area contributed by atoms with Crippen LogP contribution in [0.15, 0.2) is 6.08 Å². The molecule has 0 saturated carbocycles. The van der Waals surface area contributed by atoms with Crippen LogP contribution >= 0.6 is 0 Å². The van der Waals surface area contributed by atoms with Gasteiger partial charge in [0.1, 0.15) is 11.5 Å². The lowest BCUT2D eigenvalue weighted by Gasteiger charge is -2.13. The number of allylic oxidation sites excluding steroid dienone is 1. The smallest absolute Gasteiger partial charge is 0.126 e. The Labute approximate surface area is 135 Å². The molecule has 2 nitrogen and oxygen atoms in total. The molecule has 0 saturated heterocycles. The Kier molecular flexibility index (Phi) is 8.08. The summed E-state index contributed by atoms with van der Waals surface area (Å²) in [5.74, 6) is 0.592. The third kappa shape index (κ3) is 5.08. The summed E-state index contributed by atoms with van der Waals surface area (Å²) >= 11 is 0. The molecule has 1 aromatic rings. The Morgan fingerprint density at radius 3 is 1.91 bits per heavy atom. The minimum Gasteiger partial charge on any atom is -0.507 e. The van der Waals surface area contributed by atoms with Crippen molar-refractivity contribution in [2.75, 3.05) is 0 Å². The number of phenols is 2. The highest BCUT2D eigenvalue weighted by Gasteiger charge is 2.14.